The van der Waals surface area contributed by atoms with Gasteiger partial charge in [-0.05, 0) is 85.7 Å². The summed E-state index contributed by atoms with van der Waals surface area (Å²) >= 11 is 0. The van der Waals surface area contributed by atoms with Gasteiger partial charge in [0.1, 0.15) is 12.1 Å². The highest BCUT2D eigenvalue weighted by Crippen LogP contribution is 2.63. The maximum absolute atomic E-state index is 13.6. The van der Waals surface area contributed by atoms with Crippen LogP contribution < -0.4 is 0 Å². The number of hydrogen-bond donors (Lipinski definition) is 0. The molecule has 2 aromatic heterocycles. The number of aromatic nitrogens is 3. The van der Waals surface area contributed by atoms with Gasteiger partial charge in [-0.15, -0.1) is 0 Å². The first-order valence-corrected chi connectivity index (χ1v) is 12.9. The summed E-state index contributed by atoms with van der Waals surface area (Å²) in [5.74, 6) is 4.96. The molecule has 5 rings (SSSR count). The molecule has 0 aliphatic heterocycles. The van der Waals surface area contributed by atoms with Gasteiger partial charge in [-0.1, -0.05) is 40.0 Å². The zero-order valence-corrected chi connectivity index (χ0v) is 19.6. The normalized spacial score (nSPS) is 37.5. The van der Waals surface area contributed by atoms with Crippen molar-refractivity contribution >= 4 is 16.8 Å². The Hall–Kier alpha value is -1.71. The molecule has 0 saturated heterocycles. The van der Waals surface area contributed by atoms with Gasteiger partial charge >= 0.3 is 0 Å². The second kappa shape index (κ2) is 8.33. The van der Waals surface area contributed by atoms with E-state index < -0.39 is 0 Å². The van der Waals surface area contributed by atoms with Gasteiger partial charge in [0.05, 0.1) is 11.7 Å². The van der Waals surface area contributed by atoms with Gasteiger partial charge in [0.15, 0.2) is 5.78 Å². The van der Waals surface area contributed by atoms with E-state index in [9.17, 15) is 4.79 Å². The van der Waals surface area contributed by atoms with Gasteiger partial charge in [0, 0.05) is 12.1 Å². The second-order valence-electron chi connectivity index (χ2n) is 11.0. The molecule has 4 heteroatoms. The van der Waals surface area contributed by atoms with E-state index in [1.807, 2.05) is 16.8 Å². The van der Waals surface area contributed by atoms with Gasteiger partial charge in [-0.2, -0.15) is 5.10 Å². The van der Waals surface area contributed by atoms with Crippen LogP contribution >= 0.6 is 0 Å². The number of nitrogens with zero attached hydrogens (tertiary/aromatic N) is 3. The van der Waals surface area contributed by atoms with Crippen LogP contribution in [0.5, 0.6) is 0 Å². The van der Waals surface area contributed by atoms with E-state index in [0.29, 0.717) is 12.3 Å². The molecule has 3 aliphatic rings. The summed E-state index contributed by atoms with van der Waals surface area (Å²) in [6.45, 7) is 7.63. The van der Waals surface area contributed by atoms with Gasteiger partial charge in [-0.25, -0.2) is 0 Å². The highest BCUT2D eigenvalue weighted by atomic mass is 16.1. The van der Waals surface area contributed by atoms with E-state index in [4.69, 9.17) is 0 Å². The molecule has 0 N–H and O–H groups in total. The van der Waals surface area contributed by atoms with Crippen molar-refractivity contribution in [3.05, 3.63) is 24.5 Å². The summed E-state index contributed by atoms with van der Waals surface area (Å²) in [5, 5.41) is 4.48. The minimum absolute atomic E-state index is 0.190. The molecule has 7 atom stereocenters. The average molecular weight is 422 g/mol. The standard InChI is InChI=1S/C27H39N3O/c1-4-7-19-18(5-2)9-10-21-20(19)13-14-27(3)22(21)11-12-23(27)26(31)17-30-25-8-6-15-28-24(25)16-29-30/h6,8,15-16,18-23H,4-5,7,9-14,17H2,1-3H3. The van der Waals surface area contributed by atoms with Gasteiger partial charge in [0.25, 0.3) is 0 Å². The van der Waals surface area contributed by atoms with Crippen LogP contribution in [0.15, 0.2) is 24.5 Å². The summed E-state index contributed by atoms with van der Waals surface area (Å²) in [5.41, 5.74) is 2.04. The van der Waals surface area contributed by atoms with Crippen LogP contribution in [-0.2, 0) is 11.3 Å². The second-order valence-corrected chi connectivity index (χ2v) is 11.0. The first-order chi connectivity index (χ1) is 15.1. The Balaban J connectivity index is 1.35. The number of Topliss-reactive ketones (excluding diaryl/α,β-unsaturated/α-hetero) is 1. The van der Waals surface area contributed by atoms with Crippen LogP contribution in [-0.4, -0.2) is 20.5 Å². The monoisotopic (exact) mass is 421 g/mol. The lowest BCUT2D eigenvalue weighted by Crippen LogP contribution is -2.48. The molecule has 0 bridgehead atoms. The molecule has 0 radical (unpaired) electrons. The average Bonchev–Trinajstić information content (AvgIpc) is 3.35. The molecule has 168 valence electrons. The van der Waals surface area contributed by atoms with Crippen LogP contribution in [0.2, 0.25) is 0 Å². The lowest BCUT2D eigenvalue weighted by atomic mass is 9.50. The van der Waals surface area contributed by atoms with Gasteiger partial charge in [-0.3, -0.25) is 14.5 Å². The molecule has 4 nitrogen and oxygen atoms in total. The number of fused-ring (bicyclic) bond motifs is 4. The van der Waals surface area contributed by atoms with Crippen LogP contribution in [0.1, 0.15) is 78.6 Å². The summed E-state index contributed by atoms with van der Waals surface area (Å²) in [6, 6.07) is 3.95. The van der Waals surface area contributed by atoms with Crippen LogP contribution in [0.4, 0.5) is 0 Å². The fourth-order valence-corrected chi connectivity index (χ4v) is 8.35. The molecular formula is C27H39N3O. The topological polar surface area (TPSA) is 47.8 Å². The van der Waals surface area contributed by atoms with Crippen molar-refractivity contribution in [3.8, 4) is 0 Å². The van der Waals surface area contributed by atoms with Crippen LogP contribution in [0, 0.1) is 40.9 Å². The number of rotatable bonds is 6. The zero-order chi connectivity index (χ0) is 21.6. The highest BCUT2D eigenvalue weighted by Gasteiger charge is 2.57. The van der Waals surface area contributed by atoms with Crippen molar-refractivity contribution in [2.45, 2.75) is 85.1 Å². The van der Waals surface area contributed by atoms with Crippen LogP contribution in [0.25, 0.3) is 11.0 Å². The number of carbonyl (C=O) groups is 1. The molecule has 31 heavy (non-hydrogen) atoms. The van der Waals surface area contributed by atoms with E-state index >= 15 is 0 Å². The Morgan fingerprint density at radius 3 is 2.84 bits per heavy atom. The predicted molar refractivity (Wildman–Crippen MR) is 124 cm³/mol. The Kier molecular flexibility index (Phi) is 5.68. The summed E-state index contributed by atoms with van der Waals surface area (Å²) in [4.78, 5) is 17.9. The number of carbonyl (C=O) groups excluding carboxylic acids is 1. The lowest BCUT2D eigenvalue weighted by molar-refractivity contribution is -0.130. The molecule has 0 amide bonds. The molecule has 2 heterocycles. The van der Waals surface area contributed by atoms with Gasteiger partial charge in [0.2, 0.25) is 0 Å². The van der Waals surface area contributed by atoms with Gasteiger partial charge < -0.3 is 0 Å². The summed E-state index contributed by atoms with van der Waals surface area (Å²) < 4.78 is 1.87. The SMILES string of the molecule is CCCC1C(CC)CCC2C1CCC1(C)C(C(=O)Cn3ncc4ncccc43)CCC21. The molecule has 3 saturated carbocycles. The van der Waals surface area contributed by atoms with Crippen molar-refractivity contribution < 1.29 is 4.79 Å². The number of pyridine rings is 1. The smallest absolute Gasteiger partial charge is 0.157 e. The zero-order valence-electron chi connectivity index (χ0n) is 19.6. The third kappa shape index (κ3) is 3.45. The molecule has 3 fully saturated rings. The maximum atomic E-state index is 13.6. The first-order valence-electron chi connectivity index (χ1n) is 12.9. The minimum atomic E-state index is 0.190. The highest BCUT2D eigenvalue weighted by molar-refractivity contribution is 5.84. The Labute approximate surface area is 187 Å². The van der Waals surface area contributed by atoms with Crippen molar-refractivity contribution in [2.75, 3.05) is 0 Å². The minimum Gasteiger partial charge on any atom is -0.297 e. The number of hydrogen-bond acceptors (Lipinski definition) is 3. The molecule has 7 unspecified atom stereocenters. The number of ketones is 1. The third-order valence-electron chi connectivity index (χ3n) is 9.77. The fourth-order valence-electron chi connectivity index (χ4n) is 8.35. The van der Waals surface area contributed by atoms with E-state index in [1.54, 1.807) is 12.4 Å². The van der Waals surface area contributed by atoms with Crippen molar-refractivity contribution in [1.82, 2.24) is 14.8 Å². The van der Waals surface area contributed by atoms with E-state index in [2.05, 4.69) is 30.9 Å². The molecule has 0 aromatic carbocycles. The fraction of sp³-hybridized carbons (Fsp3) is 0.741. The Bertz CT molecular complexity index is 935. The van der Waals surface area contributed by atoms with E-state index in [1.165, 1.54) is 51.4 Å². The first kappa shape index (κ1) is 21.2. The largest absolute Gasteiger partial charge is 0.297 e. The Morgan fingerprint density at radius 2 is 2.03 bits per heavy atom. The lowest BCUT2D eigenvalue weighted by Gasteiger charge is -2.54. The predicted octanol–water partition coefficient (Wildman–Crippen LogP) is 6.30. The van der Waals surface area contributed by atoms with Crippen molar-refractivity contribution in [3.63, 3.8) is 0 Å². The molecule has 0 spiro atoms. The maximum Gasteiger partial charge on any atom is 0.157 e. The molecular weight excluding hydrogens is 382 g/mol. The summed E-state index contributed by atoms with van der Waals surface area (Å²) in [7, 11) is 0. The van der Waals surface area contributed by atoms with Crippen molar-refractivity contribution in [1.29, 1.82) is 0 Å². The molecule has 3 aliphatic carbocycles. The van der Waals surface area contributed by atoms with Crippen LogP contribution in [0.3, 0.4) is 0 Å². The van der Waals surface area contributed by atoms with E-state index in [0.717, 1.165) is 47.0 Å². The summed E-state index contributed by atoms with van der Waals surface area (Å²) in [6.07, 6.45) is 15.4. The quantitative estimate of drug-likeness (QED) is 0.550. The third-order valence-corrected chi connectivity index (χ3v) is 9.77. The Morgan fingerprint density at radius 1 is 1.16 bits per heavy atom. The molecule has 2 aromatic rings. The van der Waals surface area contributed by atoms with Crippen molar-refractivity contribution in [2.24, 2.45) is 40.9 Å². The van der Waals surface area contributed by atoms with E-state index in [-0.39, 0.29) is 11.3 Å².